The van der Waals surface area contributed by atoms with Crippen LogP contribution in [-0.2, 0) is 25.6 Å². The maximum absolute atomic E-state index is 13.6. The Balaban J connectivity index is 1.97. The average molecular weight is 597 g/mol. The summed E-state index contributed by atoms with van der Waals surface area (Å²) in [5.74, 6) is -1.91. The maximum atomic E-state index is 13.6. The molecule has 1 saturated heterocycles. The van der Waals surface area contributed by atoms with Gasteiger partial charge in [0.1, 0.15) is 29.6 Å². The molecule has 3 rings (SSSR count). The summed E-state index contributed by atoms with van der Waals surface area (Å²) >= 11 is 0. The van der Waals surface area contributed by atoms with E-state index in [1.807, 2.05) is 27.7 Å². The van der Waals surface area contributed by atoms with E-state index >= 15 is 0 Å². The summed E-state index contributed by atoms with van der Waals surface area (Å²) < 4.78 is 5.22. The van der Waals surface area contributed by atoms with E-state index in [1.165, 1.54) is 4.90 Å². The van der Waals surface area contributed by atoms with Crippen LogP contribution >= 0.6 is 0 Å². The van der Waals surface area contributed by atoms with Gasteiger partial charge < -0.3 is 35.9 Å². The van der Waals surface area contributed by atoms with Crippen LogP contribution in [0, 0.1) is 11.8 Å². The SMILES string of the molecule is COc1ccc(C[C@@H]2NC(=O)[C@H](CC(C)C)NC(=O)CN(C(=O)c3ccc[nH]3)C[C@H](C(C)C)NC(=O)[C@@H](C)NC2=O)cc1. The third-order valence-electron chi connectivity index (χ3n) is 7.34. The highest BCUT2D eigenvalue weighted by molar-refractivity contribution is 5.97. The fourth-order valence-electron chi connectivity index (χ4n) is 4.80. The van der Waals surface area contributed by atoms with Crippen molar-refractivity contribution < 1.29 is 28.7 Å². The van der Waals surface area contributed by atoms with E-state index in [2.05, 4.69) is 26.3 Å². The topological polar surface area (TPSA) is 162 Å². The molecule has 0 bridgehead atoms. The molecule has 12 heteroatoms. The van der Waals surface area contributed by atoms with Crippen LogP contribution in [0.4, 0.5) is 0 Å². The van der Waals surface area contributed by atoms with E-state index < -0.39 is 53.7 Å². The van der Waals surface area contributed by atoms with Crippen molar-refractivity contribution in [3.8, 4) is 5.75 Å². The van der Waals surface area contributed by atoms with Crippen molar-refractivity contribution in [3.63, 3.8) is 0 Å². The molecule has 1 aliphatic heterocycles. The number of benzene rings is 1. The predicted molar refractivity (Wildman–Crippen MR) is 161 cm³/mol. The van der Waals surface area contributed by atoms with Gasteiger partial charge in [-0.1, -0.05) is 39.8 Å². The van der Waals surface area contributed by atoms with Crippen molar-refractivity contribution in [1.29, 1.82) is 0 Å². The van der Waals surface area contributed by atoms with E-state index in [0.29, 0.717) is 12.2 Å². The van der Waals surface area contributed by atoms with E-state index in [-0.39, 0.29) is 37.0 Å². The van der Waals surface area contributed by atoms with Gasteiger partial charge in [-0.2, -0.15) is 0 Å². The average Bonchev–Trinajstić information content (AvgIpc) is 3.49. The van der Waals surface area contributed by atoms with Crippen LogP contribution in [0.2, 0.25) is 0 Å². The fourth-order valence-corrected chi connectivity index (χ4v) is 4.80. The lowest BCUT2D eigenvalue weighted by Crippen LogP contribution is -2.57. The van der Waals surface area contributed by atoms with Gasteiger partial charge in [-0.15, -0.1) is 0 Å². The first-order valence-corrected chi connectivity index (χ1v) is 14.6. The van der Waals surface area contributed by atoms with Gasteiger partial charge in [0.05, 0.1) is 13.7 Å². The van der Waals surface area contributed by atoms with Gasteiger partial charge in [-0.3, -0.25) is 24.0 Å². The molecular weight excluding hydrogens is 552 g/mol. The number of methoxy groups -OCH3 is 1. The Morgan fingerprint density at radius 2 is 1.58 bits per heavy atom. The third-order valence-corrected chi connectivity index (χ3v) is 7.34. The van der Waals surface area contributed by atoms with Crippen molar-refractivity contribution in [2.75, 3.05) is 20.2 Å². The van der Waals surface area contributed by atoms with Crippen LogP contribution in [0.25, 0.3) is 0 Å². The zero-order valence-electron chi connectivity index (χ0n) is 25.7. The van der Waals surface area contributed by atoms with Crippen molar-refractivity contribution >= 4 is 29.5 Å². The number of aromatic nitrogens is 1. The fraction of sp³-hybridized carbons (Fsp3) is 0.516. The summed E-state index contributed by atoms with van der Waals surface area (Å²) in [6.07, 6.45) is 2.06. The second-order valence-corrected chi connectivity index (χ2v) is 11.7. The van der Waals surface area contributed by atoms with Gasteiger partial charge in [0, 0.05) is 25.2 Å². The molecule has 12 nitrogen and oxygen atoms in total. The molecule has 4 atom stereocenters. The highest BCUT2D eigenvalue weighted by Crippen LogP contribution is 2.15. The lowest BCUT2D eigenvalue weighted by molar-refractivity contribution is -0.133. The van der Waals surface area contributed by atoms with Crippen LogP contribution in [0.15, 0.2) is 42.6 Å². The van der Waals surface area contributed by atoms with Crippen molar-refractivity contribution in [1.82, 2.24) is 31.2 Å². The quantitative estimate of drug-likeness (QED) is 0.325. The van der Waals surface area contributed by atoms with Gasteiger partial charge in [0.25, 0.3) is 5.91 Å². The zero-order valence-corrected chi connectivity index (χ0v) is 25.7. The first-order chi connectivity index (χ1) is 20.4. The van der Waals surface area contributed by atoms with Crippen LogP contribution in [0.5, 0.6) is 5.75 Å². The van der Waals surface area contributed by atoms with Crippen molar-refractivity contribution in [3.05, 3.63) is 53.9 Å². The third kappa shape index (κ3) is 9.59. The first-order valence-electron chi connectivity index (χ1n) is 14.6. The van der Waals surface area contributed by atoms with Crippen LogP contribution in [0.3, 0.4) is 0 Å². The molecule has 1 aromatic heterocycles. The Morgan fingerprint density at radius 1 is 0.907 bits per heavy atom. The lowest BCUT2D eigenvalue weighted by Gasteiger charge is -2.31. The summed E-state index contributed by atoms with van der Waals surface area (Å²) in [6.45, 7) is 8.89. The molecule has 0 saturated carbocycles. The number of H-pyrrole nitrogens is 1. The number of nitrogens with zero attached hydrogens (tertiary/aromatic N) is 1. The molecule has 2 aromatic rings. The van der Waals surface area contributed by atoms with E-state index in [9.17, 15) is 24.0 Å². The monoisotopic (exact) mass is 596 g/mol. The molecule has 43 heavy (non-hydrogen) atoms. The van der Waals surface area contributed by atoms with Gasteiger partial charge >= 0.3 is 0 Å². The molecule has 0 spiro atoms. The van der Waals surface area contributed by atoms with Crippen LogP contribution in [0.1, 0.15) is 57.1 Å². The standard InChI is InChI=1S/C31H44N6O6/c1-18(2)14-24-30(41)35-25(15-21-9-11-22(43-6)12-10-21)29(40)33-20(5)28(39)36-26(19(3)4)16-37(17-27(38)34-24)31(42)23-8-7-13-32-23/h7-13,18-20,24-26,32H,14-17H2,1-6H3,(H,33,40)(H,34,38)(H,35,41)(H,36,39)/t20-,24+,25+,26-/m1/s1. The van der Waals surface area contributed by atoms with Crippen LogP contribution < -0.4 is 26.0 Å². The summed E-state index contributed by atoms with van der Waals surface area (Å²) in [5, 5.41) is 11.2. The second kappa shape index (κ2) is 15.2. The van der Waals surface area contributed by atoms with Crippen LogP contribution in [-0.4, -0.2) is 83.8 Å². The number of aromatic amines is 1. The number of rotatable bonds is 7. The molecular formula is C31H44N6O6. The predicted octanol–water partition coefficient (Wildman–Crippen LogP) is 1.38. The van der Waals surface area contributed by atoms with E-state index in [4.69, 9.17) is 4.74 Å². The molecule has 5 N–H and O–H groups in total. The highest BCUT2D eigenvalue weighted by atomic mass is 16.5. The Bertz CT molecular complexity index is 1260. The number of amides is 5. The van der Waals surface area contributed by atoms with Crippen molar-refractivity contribution in [2.45, 2.75) is 71.6 Å². The normalized spacial score (nSPS) is 22.7. The van der Waals surface area contributed by atoms with Gasteiger partial charge in [0.2, 0.25) is 23.6 Å². The van der Waals surface area contributed by atoms with E-state index in [1.54, 1.807) is 56.6 Å². The summed E-state index contributed by atoms with van der Waals surface area (Å²) in [7, 11) is 1.55. The van der Waals surface area contributed by atoms with E-state index in [0.717, 1.165) is 5.56 Å². The summed E-state index contributed by atoms with van der Waals surface area (Å²) in [4.78, 5) is 71.3. The molecule has 0 radical (unpaired) electrons. The smallest absolute Gasteiger partial charge is 0.270 e. The summed E-state index contributed by atoms with van der Waals surface area (Å²) in [5.41, 5.74) is 1.05. The minimum Gasteiger partial charge on any atom is -0.497 e. The number of hydrogen-bond acceptors (Lipinski definition) is 6. The Labute approximate surface area is 252 Å². The molecule has 1 fully saturated rings. The Morgan fingerprint density at radius 3 is 2.16 bits per heavy atom. The number of carbonyl (C=O) groups excluding carboxylic acids is 5. The lowest BCUT2D eigenvalue weighted by atomic mass is 10.0. The number of ether oxygens (including phenoxy) is 1. The Kier molecular flexibility index (Phi) is 11.7. The van der Waals surface area contributed by atoms with Gasteiger partial charge in [-0.05, 0) is 55.0 Å². The zero-order chi connectivity index (χ0) is 31.7. The van der Waals surface area contributed by atoms with Gasteiger partial charge in [-0.25, -0.2) is 0 Å². The molecule has 5 amide bonds. The van der Waals surface area contributed by atoms with Gasteiger partial charge in [0.15, 0.2) is 0 Å². The Hall–Kier alpha value is -4.35. The number of carbonyl (C=O) groups is 5. The molecule has 234 valence electrons. The maximum Gasteiger partial charge on any atom is 0.270 e. The number of hydrogen-bond donors (Lipinski definition) is 5. The minimum atomic E-state index is -1.03. The molecule has 0 aliphatic carbocycles. The number of nitrogens with one attached hydrogen (secondary N) is 5. The second-order valence-electron chi connectivity index (χ2n) is 11.7. The van der Waals surface area contributed by atoms with Crippen molar-refractivity contribution in [2.24, 2.45) is 11.8 Å². The first kappa shape index (κ1) is 33.2. The highest BCUT2D eigenvalue weighted by Gasteiger charge is 2.32. The largest absolute Gasteiger partial charge is 0.497 e. The molecule has 0 unspecified atom stereocenters. The summed E-state index contributed by atoms with van der Waals surface area (Å²) in [6, 6.07) is 6.94. The molecule has 1 aliphatic rings. The molecule has 1 aromatic carbocycles. The minimum absolute atomic E-state index is 0.0378. The molecule has 2 heterocycles.